The van der Waals surface area contributed by atoms with Gasteiger partial charge in [-0.1, -0.05) is 23.2 Å². The fourth-order valence-electron chi connectivity index (χ4n) is 3.25. The lowest BCUT2D eigenvalue weighted by molar-refractivity contribution is -0.119. The molecule has 1 heterocycles. The summed E-state index contributed by atoms with van der Waals surface area (Å²) < 4.78 is 27.3. The van der Waals surface area contributed by atoms with Crippen molar-refractivity contribution in [3.63, 3.8) is 0 Å². The summed E-state index contributed by atoms with van der Waals surface area (Å²) in [5.74, 6) is -0.576. The van der Waals surface area contributed by atoms with Crippen LogP contribution in [0, 0.1) is 13.8 Å². The average molecular weight is 493 g/mol. The van der Waals surface area contributed by atoms with Gasteiger partial charge < -0.3 is 4.57 Å². The molecule has 0 radical (unpaired) electrons. The number of aryl methyl sites for hydroxylation is 1. The zero-order valence-corrected chi connectivity index (χ0v) is 20.0. The molecule has 0 aliphatic rings. The summed E-state index contributed by atoms with van der Waals surface area (Å²) in [4.78, 5) is 12.4. The molecule has 7 nitrogen and oxygen atoms in total. The van der Waals surface area contributed by atoms with E-state index in [0.29, 0.717) is 15.7 Å². The third-order valence-corrected chi connectivity index (χ3v) is 6.39. The van der Waals surface area contributed by atoms with Gasteiger partial charge in [0.05, 0.1) is 18.2 Å². The molecule has 0 saturated carbocycles. The second-order valence-electron chi connectivity index (χ2n) is 7.18. The van der Waals surface area contributed by atoms with Gasteiger partial charge >= 0.3 is 0 Å². The molecular weight excluding hydrogens is 471 g/mol. The molecule has 0 saturated heterocycles. The van der Waals surface area contributed by atoms with Gasteiger partial charge in [0.25, 0.3) is 5.91 Å². The van der Waals surface area contributed by atoms with Gasteiger partial charge in [0.1, 0.15) is 6.54 Å². The van der Waals surface area contributed by atoms with Gasteiger partial charge in [0, 0.05) is 32.7 Å². The minimum Gasteiger partial charge on any atom is -0.318 e. The third kappa shape index (κ3) is 5.70. The maximum absolute atomic E-state index is 12.4. The van der Waals surface area contributed by atoms with Gasteiger partial charge in [-0.2, -0.15) is 5.10 Å². The van der Waals surface area contributed by atoms with Crippen molar-refractivity contribution in [3.8, 4) is 5.69 Å². The van der Waals surface area contributed by atoms with Crippen LogP contribution in [-0.4, -0.2) is 37.9 Å². The highest BCUT2D eigenvalue weighted by Crippen LogP contribution is 2.22. The minimum atomic E-state index is -3.68. The van der Waals surface area contributed by atoms with Gasteiger partial charge in [0.2, 0.25) is 10.0 Å². The highest BCUT2D eigenvalue weighted by molar-refractivity contribution is 7.92. The molecule has 0 unspecified atom stereocenters. The first-order valence-electron chi connectivity index (χ1n) is 9.56. The van der Waals surface area contributed by atoms with Crippen LogP contribution < -0.4 is 9.73 Å². The Morgan fingerprint density at radius 2 is 1.62 bits per heavy atom. The number of hydrogen-bond acceptors (Lipinski definition) is 4. The number of nitrogens with one attached hydrogen (secondary N) is 1. The number of rotatable bonds is 7. The summed E-state index contributed by atoms with van der Waals surface area (Å²) in [6.45, 7) is 3.49. The number of carbonyl (C=O) groups is 1. The molecular formula is C22H22Cl2N4O3S. The van der Waals surface area contributed by atoms with Crippen molar-refractivity contribution in [3.05, 3.63) is 81.6 Å². The van der Waals surface area contributed by atoms with Crippen LogP contribution in [-0.2, 0) is 14.8 Å². The monoisotopic (exact) mass is 492 g/mol. The summed E-state index contributed by atoms with van der Waals surface area (Å²) >= 11 is 11.8. The number of halogens is 2. The molecule has 0 bridgehead atoms. The van der Waals surface area contributed by atoms with Gasteiger partial charge in [0.15, 0.2) is 0 Å². The van der Waals surface area contributed by atoms with Gasteiger partial charge in [-0.25, -0.2) is 13.8 Å². The first kappa shape index (κ1) is 23.8. The lowest BCUT2D eigenvalue weighted by Gasteiger charge is -2.21. The van der Waals surface area contributed by atoms with E-state index in [1.165, 1.54) is 18.3 Å². The van der Waals surface area contributed by atoms with Crippen LogP contribution in [0.4, 0.5) is 5.69 Å². The van der Waals surface area contributed by atoms with E-state index in [4.69, 9.17) is 23.2 Å². The zero-order chi connectivity index (χ0) is 23.5. The number of nitrogens with zero attached hydrogens (tertiary/aromatic N) is 3. The largest absolute Gasteiger partial charge is 0.318 e. The van der Waals surface area contributed by atoms with Crippen LogP contribution >= 0.6 is 23.2 Å². The summed E-state index contributed by atoms with van der Waals surface area (Å²) in [5.41, 5.74) is 6.42. The van der Waals surface area contributed by atoms with Crippen LogP contribution in [0.3, 0.4) is 0 Å². The molecule has 0 aliphatic heterocycles. The number of amides is 1. The van der Waals surface area contributed by atoms with Gasteiger partial charge in [-0.15, -0.1) is 0 Å². The Balaban J connectivity index is 1.73. The van der Waals surface area contributed by atoms with Crippen LogP contribution in [0.5, 0.6) is 0 Å². The SMILES string of the molecule is Cc1cc(/C=N\NC(=O)CN(c2ccc(Cl)cc2)S(C)(=O)=O)c(C)n1-c1ccc(Cl)cc1. The van der Waals surface area contributed by atoms with Crippen LogP contribution in [0.1, 0.15) is 17.0 Å². The maximum Gasteiger partial charge on any atom is 0.260 e. The Hall–Kier alpha value is -2.81. The molecule has 3 aromatic rings. The molecule has 1 amide bonds. The van der Waals surface area contributed by atoms with Gasteiger partial charge in [-0.05, 0) is 68.4 Å². The summed E-state index contributed by atoms with van der Waals surface area (Å²) in [7, 11) is -3.68. The van der Waals surface area contributed by atoms with Crippen molar-refractivity contribution >= 4 is 51.0 Å². The summed E-state index contributed by atoms with van der Waals surface area (Å²) in [6.07, 6.45) is 2.56. The molecule has 1 N–H and O–H groups in total. The van der Waals surface area contributed by atoms with E-state index < -0.39 is 22.5 Å². The quantitative estimate of drug-likeness (QED) is 0.393. The topological polar surface area (TPSA) is 83.8 Å². The summed E-state index contributed by atoms with van der Waals surface area (Å²) in [6, 6.07) is 15.6. The van der Waals surface area contributed by atoms with E-state index in [1.807, 2.05) is 48.7 Å². The van der Waals surface area contributed by atoms with E-state index in [0.717, 1.165) is 33.2 Å². The number of hydrogen-bond donors (Lipinski definition) is 1. The van der Waals surface area contributed by atoms with Crippen molar-refractivity contribution in [1.82, 2.24) is 9.99 Å². The van der Waals surface area contributed by atoms with Crippen molar-refractivity contribution < 1.29 is 13.2 Å². The van der Waals surface area contributed by atoms with E-state index in [2.05, 4.69) is 10.5 Å². The van der Waals surface area contributed by atoms with Crippen LogP contribution in [0.2, 0.25) is 10.0 Å². The Labute approximate surface area is 197 Å². The Bertz CT molecular complexity index is 1250. The lowest BCUT2D eigenvalue weighted by Crippen LogP contribution is -2.39. The predicted octanol–water partition coefficient (Wildman–Crippen LogP) is 4.32. The molecule has 10 heteroatoms. The van der Waals surface area contributed by atoms with E-state index in [9.17, 15) is 13.2 Å². The van der Waals surface area contributed by atoms with Crippen LogP contribution in [0.15, 0.2) is 59.7 Å². The Kier molecular flexibility index (Phi) is 7.28. The first-order valence-corrected chi connectivity index (χ1v) is 12.2. The number of benzene rings is 2. The molecule has 0 spiro atoms. The van der Waals surface area contributed by atoms with Crippen molar-refractivity contribution in [1.29, 1.82) is 0 Å². The third-order valence-electron chi connectivity index (χ3n) is 4.75. The van der Waals surface area contributed by atoms with E-state index in [1.54, 1.807) is 12.1 Å². The number of aromatic nitrogens is 1. The molecule has 2 aromatic carbocycles. The lowest BCUT2D eigenvalue weighted by atomic mass is 10.2. The van der Waals surface area contributed by atoms with Crippen molar-refractivity contribution in [2.45, 2.75) is 13.8 Å². The number of sulfonamides is 1. The highest BCUT2D eigenvalue weighted by atomic mass is 35.5. The second kappa shape index (κ2) is 9.77. The minimum absolute atomic E-state index is 0.336. The average Bonchev–Trinajstić information content (AvgIpc) is 3.00. The molecule has 0 fully saturated rings. The van der Waals surface area contributed by atoms with Crippen molar-refractivity contribution in [2.75, 3.05) is 17.1 Å². The smallest absolute Gasteiger partial charge is 0.260 e. The van der Waals surface area contributed by atoms with E-state index in [-0.39, 0.29) is 0 Å². The fourth-order valence-corrected chi connectivity index (χ4v) is 4.36. The Morgan fingerprint density at radius 3 is 2.19 bits per heavy atom. The Morgan fingerprint density at radius 1 is 1.06 bits per heavy atom. The van der Waals surface area contributed by atoms with Crippen molar-refractivity contribution in [2.24, 2.45) is 5.10 Å². The molecule has 0 atom stereocenters. The molecule has 168 valence electrons. The molecule has 32 heavy (non-hydrogen) atoms. The maximum atomic E-state index is 12.4. The first-order chi connectivity index (χ1) is 15.1. The molecule has 3 rings (SSSR count). The normalized spacial score (nSPS) is 11.7. The number of carbonyl (C=O) groups excluding carboxylic acids is 1. The highest BCUT2D eigenvalue weighted by Gasteiger charge is 2.20. The number of anilines is 1. The summed E-state index contributed by atoms with van der Waals surface area (Å²) in [5, 5.41) is 5.13. The zero-order valence-electron chi connectivity index (χ0n) is 17.7. The van der Waals surface area contributed by atoms with Gasteiger partial charge in [-0.3, -0.25) is 9.10 Å². The van der Waals surface area contributed by atoms with Crippen LogP contribution in [0.25, 0.3) is 5.69 Å². The number of hydrazone groups is 1. The predicted molar refractivity (Wildman–Crippen MR) is 130 cm³/mol. The molecule has 1 aromatic heterocycles. The second-order valence-corrected chi connectivity index (χ2v) is 9.96. The standard InChI is InChI=1S/C22H22Cl2N4O3S/c1-15-12-17(16(2)28(15)21-10-6-19(24)7-11-21)13-25-26-22(29)14-27(32(3,30)31)20-8-4-18(23)5-9-20/h4-13H,14H2,1-3H3,(H,26,29)/b25-13-. The van der Waals surface area contributed by atoms with E-state index >= 15 is 0 Å². The molecule has 0 aliphatic carbocycles. The fraction of sp³-hybridized carbons (Fsp3) is 0.182.